The van der Waals surface area contributed by atoms with E-state index >= 15 is 0 Å². The smallest absolute Gasteiger partial charge is 0.311 e. The van der Waals surface area contributed by atoms with Crippen molar-refractivity contribution in [2.75, 3.05) is 13.7 Å². The summed E-state index contributed by atoms with van der Waals surface area (Å²) in [5.74, 6) is -1.18. The van der Waals surface area contributed by atoms with Crippen LogP contribution < -0.4 is 25.6 Å². The molecule has 0 aliphatic carbocycles. The van der Waals surface area contributed by atoms with Gasteiger partial charge in [-0.05, 0) is 36.4 Å². The summed E-state index contributed by atoms with van der Waals surface area (Å²) >= 11 is 0. The lowest BCUT2D eigenvalue weighted by molar-refractivity contribution is -0.385. The van der Waals surface area contributed by atoms with Crippen molar-refractivity contribution in [2.24, 2.45) is 0 Å². The maximum absolute atomic E-state index is 12.2. The first-order valence-corrected chi connectivity index (χ1v) is 9.83. The second-order valence-electron chi connectivity index (χ2n) is 6.70. The molecule has 0 unspecified atom stereocenters. The van der Waals surface area contributed by atoms with Crippen LogP contribution in [0, 0.1) is 10.1 Å². The highest BCUT2D eigenvalue weighted by Gasteiger charge is 2.19. The molecule has 176 valence electrons. The summed E-state index contributed by atoms with van der Waals surface area (Å²) < 4.78 is 15.8. The number of para-hydroxylation sites is 1. The van der Waals surface area contributed by atoms with Gasteiger partial charge in [0.05, 0.1) is 18.6 Å². The van der Waals surface area contributed by atoms with E-state index in [0.29, 0.717) is 11.5 Å². The number of ether oxygens (including phenoxy) is 2. The predicted molar refractivity (Wildman–Crippen MR) is 117 cm³/mol. The normalized spacial score (nSPS) is 10.1. The van der Waals surface area contributed by atoms with Crippen molar-refractivity contribution in [2.45, 2.75) is 6.61 Å². The van der Waals surface area contributed by atoms with Gasteiger partial charge in [0.1, 0.15) is 18.1 Å². The number of hydrazine groups is 1. The molecule has 0 aliphatic heterocycles. The number of nitrogens with one attached hydrogen (secondary N) is 3. The topological polar surface area (TPSA) is 162 Å². The molecule has 2 aromatic carbocycles. The Morgan fingerprint density at radius 2 is 1.76 bits per heavy atom. The summed E-state index contributed by atoms with van der Waals surface area (Å²) in [4.78, 5) is 46.6. The van der Waals surface area contributed by atoms with Crippen molar-refractivity contribution in [3.8, 4) is 11.5 Å². The van der Waals surface area contributed by atoms with Gasteiger partial charge in [-0.2, -0.15) is 0 Å². The number of benzene rings is 2. The van der Waals surface area contributed by atoms with Gasteiger partial charge in [-0.1, -0.05) is 18.2 Å². The van der Waals surface area contributed by atoms with Crippen molar-refractivity contribution in [3.63, 3.8) is 0 Å². The molecule has 3 rings (SSSR count). The molecule has 0 aliphatic rings. The standard InChI is InChI=1S/C22H20N4O8/c1-32-18-9-7-14(11-17(18)26(30)31)21(28)23-12-20(27)24-25-22(29)19-10-8-16(34-19)13-33-15-5-3-2-4-6-15/h2-11H,12-13H2,1H3,(H,23,28)(H,24,27)(H,25,29). The van der Waals surface area contributed by atoms with Crippen molar-refractivity contribution < 1.29 is 33.2 Å². The van der Waals surface area contributed by atoms with Gasteiger partial charge in [-0.15, -0.1) is 0 Å². The Hall–Kier alpha value is -4.87. The Labute approximate surface area is 193 Å². The summed E-state index contributed by atoms with van der Waals surface area (Å²) in [7, 11) is 1.27. The van der Waals surface area contributed by atoms with E-state index in [4.69, 9.17) is 13.9 Å². The zero-order valence-electron chi connectivity index (χ0n) is 17.9. The van der Waals surface area contributed by atoms with Crippen molar-refractivity contribution in [3.05, 3.63) is 87.9 Å². The summed E-state index contributed by atoms with van der Waals surface area (Å²) in [6.07, 6.45) is 0. The second-order valence-corrected chi connectivity index (χ2v) is 6.70. The quantitative estimate of drug-likeness (QED) is 0.317. The number of hydrogen-bond acceptors (Lipinski definition) is 8. The van der Waals surface area contributed by atoms with Crippen LogP contribution in [0.15, 0.2) is 65.1 Å². The molecule has 0 saturated carbocycles. The molecule has 0 fully saturated rings. The highest BCUT2D eigenvalue weighted by Crippen LogP contribution is 2.27. The molecule has 1 aromatic heterocycles. The average molecular weight is 468 g/mol. The molecule has 1 heterocycles. The summed E-state index contributed by atoms with van der Waals surface area (Å²) in [5, 5.41) is 13.4. The Bertz CT molecular complexity index is 1190. The first-order valence-electron chi connectivity index (χ1n) is 9.83. The number of furan rings is 1. The minimum Gasteiger partial charge on any atom is -0.490 e. The van der Waals surface area contributed by atoms with Crippen LogP contribution in [0.4, 0.5) is 5.69 Å². The van der Waals surface area contributed by atoms with Gasteiger partial charge in [0.2, 0.25) is 0 Å². The van der Waals surface area contributed by atoms with E-state index in [1.807, 2.05) is 18.2 Å². The van der Waals surface area contributed by atoms with Crippen LogP contribution in [-0.4, -0.2) is 36.3 Å². The highest BCUT2D eigenvalue weighted by molar-refractivity contribution is 5.98. The van der Waals surface area contributed by atoms with Crippen LogP contribution in [0.2, 0.25) is 0 Å². The largest absolute Gasteiger partial charge is 0.490 e. The molecule has 12 nitrogen and oxygen atoms in total. The third-order valence-corrected chi connectivity index (χ3v) is 4.37. The van der Waals surface area contributed by atoms with Crippen LogP contribution in [0.3, 0.4) is 0 Å². The van der Waals surface area contributed by atoms with Crippen molar-refractivity contribution >= 4 is 23.4 Å². The fourth-order valence-electron chi connectivity index (χ4n) is 2.72. The average Bonchev–Trinajstić information content (AvgIpc) is 3.34. The predicted octanol–water partition coefficient (Wildman–Crippen LogP) is 1.97. The molecule has 12 heteroatoms. The monoisotopic (exact) mass is 468 g/mol. The van der Waals surface area contributed by atoms with Gasteiger partial charge >= 0.3 is 11.6 Å². The lowest BCUT2D eigenvalue weighted by Crippen LogP contribution is -2.46. The molecule has 0 radical (unpaired) electrons. The van der Waals surface area contributed by atoms with Crippen LogP contribution in [0.1, 0.15) is 26.7 Å². The van der Waals surface area contributed by atoms with E-state index in [9.17, 15) is 24.5 Å². The van der Waals surface area contributed by atoms with Gasteiger partial charge in [0.25, 0.3) is 11.8 Å². The van der Waals surface area contributed by atoms with Crippen LogP contribution in [-0.2, 0) is 11.4 Å². The molecular formula is C22H20N4O8. The van der Waals surface area contributed by atoms with Crippen LogP contribution in [0.25, 0.3) is 0 Å². The first kappa shape index (κ1) is 23.8. The maximum Gasteiger partial charge on any atom is 0.311 e. The zero-order valence-corrected chi connectivity index (χ0v) is 17.9. The minimum absolute atomic E-state index is 0.00489. The lowest BCUT2D eigenvalue weighted by Gasteiger charge is -2.08. The summed E-state index contributed by atoms with van der Waals surface area (Å²) in [6.45, 7) is -0.382. The second kappa shape index (κ2) is 11.1. The Balaban J connectivity index is 1.45. The van der Waals surface area contributed by atoms with Crippen LogP contribution >= 0.6 is 0 Å². The SMILES string of the molecule is COc1ccc(C(=O)NCC(=O)NNC(=O)c2ccc(COc3ccccc3)o2)cc1[N+](=O)[O-]. The molecule has 3 aromatic rings. The molecule has 34 heavy (non-hydrogen) atoms. The van der Waals surface area contributed by atoms with Gasteiger partial charge in [-0.3, -0.25) is 35.3 Å². The Morgan fingerprint density at radius 1 is 1.00 bits per heavy atom. The molecular weight excluding hydrogens is 448 g/mol. The molecule has 0 saturated heterocycles. The molecule has 0 atom stereocenters. The number of amides is 3. The fourth-order valence-corrected chi connectivity index (χ4v) is 2.72. The molecule has 3 N–H and O–H groups in total. The summed E-state index contributed by atoms with van der Waals surface area (Å²) in [5.41, 5.74) is 3.86. The third kappa shape index (κ3) is 6.32. The Kier molecular flexibility index (Phi) is 7.79. The number of nitro groups is 1. The molecule has 0 bridgehead atoms. The van der Waals surface area contributed by atoms with E-state index in [0.717, 1.165) is 6.07 Å². The van der Waals surface area contributed by atoms with E-state index in [1.54, 1.807) is 18.2 Å². The van der Waals surface area contributed by atoms with Gasteiger partial charge in [0.15, 0.2) is 11.5 Å². The molecule has 3 amide bonds. The highest BCUT2D eigenvalue weighted by atomic mass is 16.6. The van der Waals surface area contributed by atoms with Crippen LogP contribution in [0.5, 0.6) is 11.5 Å². The van der Waals surface area contributed by atoms with Gasteiger partial charge in [-0.25, -0.2) is 0 Å². The first-order chi connectivity index (χ1) is 16.4. The number of nitrogens with zero attached hydrogens (tertiary/aromatic N) is 1. The van der Waals surface area contributed by atoms with E-state index in [-0.39, 0.29) is 29.4 Å². The maximum atomic E-state index is 12.2. The molecule has 0 spiro atoms. The number of carbonyl (C=O) groups excluding carboxylic acids is 3. The number of methoxy groups -OCH3 is 1. The van der Waals surface area contributed by atoms with Gasteiger partial charge < -0.3 is 19.2 Å². The van der Waals surface area contributed by atoms with E-state index < -0.39 is 29.2 Å². The van der Waals surface area contributed by atoms with Crippen molar-refractivity contribution in [1.29, 1.82) is 0 Å². The van der Waals surface area contributed by atoms with E-state index in [1.165, 1.54) is 25.3 Å². The number of rotatable bonds is 9. The summed E-state index contributed by atoms with van der Waals surface area (Å²) in [6, 6.07) is 15.7. The zero-order chi connectivity index (χ0) is 24.5. The number of carbonyl (C=O) groups is 3. The number of hydrogen-bond donors (Lipinski definition) is 3. The third-order valence-electron chi connectivity index (χ3n) is 4.37. The number of nitro benzene ring substituents is 1. The fraction of sp³-hybridized carbons (Fsp3) is 0.136. The van der Waals surface area contributed by atoms with Gasteiger partial charge in [0, 0.05) is 11.6 Å². The van der Waals surface area contributed by atoms with E-state index in [2.05, 4.69) is 16.2 Å². The lowest BCUT2D eigenvalue weighted by atomic mass is 10.1. The Morgan fingerprint density at radius 3 is 2.47 bits per heavy atom. The minimum atomic E-state index is -0.732. The van der Waals surface area contributed by atoms with Crippen molar-refractivity contribution in [1.82, 2.24) is 16.2 Å².